The van der Waals surface area contributed by atoms with Crippen molar-refractivity contribution in [2.75, 3.05) is 5.32 Å². The Labute approximate surface area is 211 Å². The molecule has 1 unspecified atom stereocenters. The van der Waals surface area contributed by atoms with Crippen molar-refractivity contribution in [2.24, 2.45) is 5.73 Å². The monoisotopic (exact) mass is 503 g/mol. The van der Waals surface area contributed by atoms with Crippen molar-refractivity contribution < 1.29 is 23.2 Å². The number of benzene rings is 1. The van der Waals surface area contributed by atoms with E-state index in [9.17, 15) is 18.8 Å². The molecule has 0 saturated heterocycles. The number of carbonyl (C=O) groups excluding carboxylic acids is 3. The summed E-state index contributed by atoms with van der Waals surface area (Å²) >= 11 is 0. The summed E-state index contributed by atoms with van der Waals surface area (Å²) in [5, 5.41) is 2.36. The van der Waals surface area contributed by atoms with Crippen molar-refractivity contribution >= 4 is 28.9 Å². The van der Waals surface area contributed by atoms with E-state index in [4.69, 9.17) is 5.73 Å². The lowest BCUT2D eigenvalue weighted by molar-refractivity contribution is -0.117. The number of carbonyl (C=O) groups is 3. The van der Waals surface area contributed by atoms with Gasteiger partial charge in [0.2, 0.25) is 5.78 Å². The molecule has 2 amide bonds. The summed E-state index contributed by atoms with van der Waals surface area (Å²) < 4.78 is 28.4. The number of primary amides is 1. The molecule has 4 N–H and O–H groups in total. The lowest BCUT2D eigenvalue weighted by atomic mass is 9.83. The maximum absolute atomic E-state index is 15.4. The van der Waals surface area contributed by atoms with Crippen LogP contribution >= 0.6 is 0 Å². The summed E-state index contributed by atoms with van der Waals surface area (Å²) in [6.45, 7) is 6.53. The molecule has 0 fully saturated rings. The third-order valence-corrected chi connectivity index (χ3v) is 5.93. The van der Waals surface area contributed by atoms with Gasteiger partial charge in [0.05, 0.1) is 11.5 Å². The first-order chi connectivity index (χ1) is 17.6. The smallest absolute Gasteiger partial charge is 0.283 e. The standard InChI is InChI=1S/C27H23F2N5O3/c1-4-19-20(15-5-7-16(8-6-15)33-27(37)14(3)28)21(23(34-19)25(30)36)17-9-10-18(22(29)24(17)35)26-31-12-11-13(2)32-26/h5-12,17,34H,3-4H2,1-2H3,(H2,30,36)(H,33,37). The van der Waals surface area contributed by atoms with E-state index < -0.39 is 35.2 Å². The minimum Gasteiger partial charge on any atom is -0.364 e. The molecule has 1 aliphatic carbocycles. The number of Topliss-reactive ketones (excluding diaryl/α,β-unsaturated/α-hetero) is 1. The molecular weight excluding hydrogens is 480 g/mol. The van der Waals surface area contributed by atoms with Gasteiger partial charge in [0.25, 0.3) is 11.8 Å². The van der Waals surface area contributed by atoms with Crippen molar-refractivity contribution in [3.8, 4) is 11.1 Å². The van der Waals surface area contributed by atoms with Gasteiger partial charge in [-0.1, -0.05) is 37.8 Å². The summed E-state index contributed by atoms with van der Waals surface area (Å²) in [4.78, 5) is 48.5. The van der Waals surface area contributed by atoms with Gasteiger partial charge in [0, 0.05) is 34.4 Å². The van der Waals surface area contributed by atoms with Crippen LogP contribution in [0.2, 0.25) is 0 Å². The second kappa shape index (κ2) is 10.1. The maximum atomic E-state index is 15.4. The molecule has 0 bridgehead atoms. The van der Waals surface area contributed by atoms with Gasteiger partial charge in [0.15, 0.2) is 17.5 Å². The second-order valence-electron chi connectivity index (χ2n) is 8.37. The zero-order valence-electron chi connectivity index (χ0n) is 20.1. The quantitative estimate of drug-likeness (QED) is 0.410. The van der Waals surface area contributed by atoms with E-state index in [1.807, 2.05) is 6.92 Å². The number of hydrogen-bond acceptors (Lipinski definition) is 5. The van der Waals surface area contributed by atoms with Gasteiger partial charge in [-0.3, -0.25) is 14.4 Å². The van der Waals surface area contributed by atoms with Crippen LogP contribution in [0.25, 0.3) is 16.7 Å². The highest BCUT2D eigenvalue weighted by Crippen LogP contribution is 2.41. The van der Waals surface area contributed by atoms with E-state index in [0.29, 0.717) is 34.6 Å². The number of rotatable bonds is 7. The lowest BCUT2D eigenvalue weighted by Crippen LogP contribution is -2.21. The molecule has 4 rings (SSSR count). The van der Waals surface area contributed by atoms with Crippen LogP contribution in [0.1, 0.15) is 46.1 Å². The molecular formula is C27H23F2N5O3. The first-order valence-corrected chi connectivity index (χ1v) is 11.3. The normalized spacial score (nSPS) is 15.1. The Kier molecular flexibility index (Phi) is 6.92. The van der Waals surface area contributed by atoms with Crippen LogP contribution in [0.15, 0.2) is 66.9 Å². The summed E-state index contributed by atoms with van der Waals surface area (Å²) in [5.74, 6) is -5.87. The van der Waals surface area contributed by atoms with Gasteiger partial charge in [-0.25, -0.2) is 18.7 Å². The number of amides is 2. The van der Waals surface area contributed by atoms with Crippen LogP contribution in [-0.4, -0.2) is 32.5 Å². The fourth-order valence-electron chi connectivity index (χ4n) is 4.19. The largest absolute Gasteiger partial charge is 0.364 e. The number of H-pyrrole nitrogens is 1. The van der Waals surface area contributed by atoms with Crippen molar-refractivity contribution in [1.29, 1.82) is 0 Å². The number of nitrogens with two attached hydrogens (primary N) is 1. The predicted molar refractivity (Wildman–Crippen MR) is 135 cm³/mol. The first kappa shape index (κ1) is 25.4. The van der Waals surface area contributed by atoms with Gasteiger partial charge in [0.1, 0.15) is 5.69 Å². The Morgan fingerprint density at radius 2 is 1.92 bits per heavy atom. The second-order valence-corrected chi connectivity index (χ2v) is 8.37. The molecule has 1 aliphatic rings. The molecule has 1 aromatic carbocycles. The molecule has 0 aliphatic heterocycles. The van der Waals surface area contributed by atoms with E-state index in [1.165, 1.54) is 30.5 Å². The summed E-state index contributed by atoms with van der Waals surface area (Å²) in [6.07, 6.45) is 4.83. The number of allylic oxidation sites excluding steroid dienone is 4. The van der Waals surface area contributed by atoms with Crippen molar-refractivity contribution in [2.45, 2.75) is 26.2 Å². The average Bonchev–Trinajstić information content (AvgIpc) is 3.26. The number of hydrogen-bond donors (Lipinski definition) is 3. The first-order valence-electron chi connectivity index (χ1n) is 11.3. The zero-order valence-corrected chi connectivity index (χ0v) is 20.1. The van der Waals surface area contributed by atoms with E-state index >= 15 is 4.39 Å². The average molecular weight is 504 g/mol. The molecule has 0 saturated carbocycles. The Bertz CT molecular complexity index is 1500. The number of halogens is 2. The summed E-state index contributed by atoms with van der Waals surface area (Å²) in [7, 11) is 0. The minimum atomic E-state index is -1.14. The fraction of sp³-hybridized carbons (Fsp3) is 0.148. The minimum absolute atomic E-state index is 0.0102. The Morgan fingerprint density at radius 3 is 2.51 bits per heavy atom. The molecule has 2 heterocycles. The highest BCUT2D eigenvalue weighted by molar-refractivity contribution is 6.11. The maximum Gasteiger partial charge on any atom is 0.283 e. The van der Waals surface area contributed by atoms with Crippen LogP contribution in [0, 0.1) is 6.92 Å². The molecule has 37 heavy (non-hydrogen) atoms. The Balaban J connectivity index is 1.80. The number of ketones is 1. The predicted octanol–water partition coefficient (Wildman–Crippen LogP) is 4.47. The highest BCUT2D eigenvalue weighted by atomic mass is 19.1. The van der Waals surface area contributed by atoms with Crippen LogP contribution in [-0.2, 0) is 16.0 Å². The number of anilines is 1. The SMILES string of the molecule is C=C(F)C(=O)Nc1ccc(-c2c(CC)[nH]c(C(N)=O)c2C2C=CC(c3nccc(C)n3)=C(F)C2=O)cc1. The van der Waals surface area contributed by atoms with E-state index in [0.717, 1.165) is 0 Å². The molecule has 0 radical (unpaired) electrons. The fourth-order valence-corrected chi connectivity index (χ4v) is 4.19. The van der Waals surface area contributed by atoms with Crippen molar-refractivity contribution in [3.05, 3.63) is 95.4 Å². The molecule has 1 atom stereocenters. The third kappa shape index (κ3) is 4.86. The van der Waals surface area contributed by atoms with Crippen molar-refractivity contribution in [3.63, 3.8) is 0 Å². The van der Waals surface area contributed by atoms with Crippen LogP contribution in [0.5, 0.6) is 0 Å². The van der Waals surface area contributed by atoms with Gasteiger partial charge in [-0.05, 0) is 37.1 Å². The van der Waals surface area contributed by atoms with Crippen LogP contribution < -0.4 is 11.1 Å². The van der Waals surface area contributed by atoms with Gasteiger partial charge < -0.3 is 16.0 Å². The molecule has 188 valence electrons. The number of aromatic amines is 1. The molecule has 3 aromatic rings. The Morgan fingerprint density at radius 1 is 1.22 bits per heavy atom. The highest BCUT2D eigenvalue weighted by Gasteiger charge is 2.35. The third-order valence-electron chi connectivity index (χ3n) is 5.93. The molecule has 2 aromatic heterocycles. The van der Waals surface area contributed by atoms with Gasteiger partial charge in [-0.2, -0.15) is 0 Å². The van der Waals surface area contributed by atoms with Crippen LogP contribution in [0.4, 0.5) is 14.5 Å². The number of aryl methyl sites for hydroxylation is 2. The molecule has 0 spiro atoms. The van der Waals surface area contributed by atoms with Crippen LogP contribution in [0.3, 0.4) is 0 Å². The summed E-state index contributed by atoms with van der Waals surface area (Å²) in [5.41, 5.74) is 8.42. The molecule has 8 nitrogen and oxygen atoms in total. The van der Waals surface area contributed by atoms with E-state index in [2.05, 4.69) is 26.8 Å². The van der Waals surface area contributed by atoms with Gasteiger partial charge in [-0.15, -0.1) is 0 Å². The Hall–Kier alpha value is -4.73. The molecule has 10 heteroatoms. The topological polar surface area (TPSA) is 131 Å². The number of aromatic nitrogens is 3. The lowest BCUT2D eigenvalue weighted by Gasteiger charge is -2.19. The zero-order chi connectivity index (χ0) is 26.9. The van der Waals surface area contributed by atoms with E-state index in [-0.39, 0.29) is 22.7 Å². The number of nitrogens with zero attached hydrogens (tertiary/aromatic N) is 2. The number of nitrogens with one attached hydrogen (secondary N) is 2. The van der Waals surface area contributed by atoms with Gasteiger partial charge >= 0.3 is 0 Å². The van der Waals surface area contributed by atoms with Crippen molar-refractivity contribution in [1.82, 2.24) is 15.0 Å². The summed E-state index contributed by atoms with van der Waals surface area (Å²) in [6, 6.07) is 7.97. The van der Waals surface area contributed by atoms with E-state index in [1.54, 1.807) is 25.1 Å².